The summed E-state index contributed by atoms with van der Waals surface area (Å²) in [6.07, 6.45) is -1.16. The van der Waals surface area contributed by atoms with Gasteiger partial charge in [-0.1, -0.05) is 54.6 Å². The predicted molar refractivity (Wildman–Crippen MR) is 179 cm³/mol. The molecule has 0 aliphatic carbocycles. The number of nitrogens with two attached hydrogens (primary N) is 1. The summed E-state index contributed by atoms with van der Waals surface area (Å²) in [7, 11) is 0. The number of benzene rings is 3. The van der Waals surface area contributed by atoms with E-state index in [1.54, 1.807) is 48.5 Å². The molecule has 240 valence electrons. The molecule has 0 saturated carbocycles. The van der Waals surface area contributed by atoms with Crippen LogP contribution in [0.5, 0.6) is 0 Å². The number of para-hydroxylation sites is 1. The second-order valence-corrected chi connectivity index (χ2v) is 13.1. The molecule has 11 heteroatoms. The van der Waals surface area contributed by atoms with Gasteiger partial charge in [-0.2, -0.15) is 0 Å². The molecule has 0 unspecified atom stereocenters. The monoisotopic (exact) mass is 641 g/mol. The number of aliphatic hydroxyl groups is 1. The molecule has 1 heterocycles. The number of thioether (sulfide) groups is 1. The van der Waals surface area contributed by atoms with Crippen LogP contribution < -0.4 is 21.7 Å². The van der Waals surface area contributed by atoms with Crippen molar-refractivity contribution < 1.29 is 24.3 Å². The summed E-state index contributed by atoms with van der Waals surface area (Å²) in [5.41, 5.74) is 7.17. The summed E-state index contributed by atoms with van der Waals surface area (Å²) in [5.74, 6) is -2.03. The van der Waals surface area contributed by atoms with Gasteiger partial charge in [-0.3, -0.25) is 19.2 Å². The Morgan fingerprint density at radius 1 is 0.848 bits per heavy atom. The van der Waals surface area contributed by atoms with Gasteiger partial charge in [0.1, 0.15) is 11.7 Å². The molecule has 0 fully saturated rings. The Bertz CT molecular complexity index is 1670. The van der Waals surface area contributed by atoms with Gasteiger partial charge in [0.05, 0.1) is 24.1 Å². The van der Waals surface area contributed by atoms with E-state index in [2.05, 4.69) is 20.9 Å². The average molecular weight is 642 g/mol. The Kier molecular flexibility index (Phi) is 11.5. The molecule has 4 aromatic rings. The van der Waals surface area contributed by atoms with Crippen LogP contribution in [0.3, 0.4) is 0 Å². The maximum Gasteiger partial charge on any atom is 0.270 e. The zero-order valence-corrected chi connectivity index (χ0v) is 26.8. The fourth-order valence-electron chi connectivity index (χ4n) is 4.68. The van der Waals surface area contributed by atoms with E-state index in [4.69, 9.17) is 5.73 Å². The van der Waals surface area contributed by atoms with Crippen molar-refractivity contribution in [2.45, 2.75) is 62.2 Å². The Hall–Kier alpha value is -4.74. The fraction of sp³-hybridized carbons (Fsp3) is 0.286. The van der Waals surface area contributed by atoms with E-state index in [0.717, 1.165) is 15.8 Å². The molecule has 3 atom stereocenters. The second-order valence-electron chi connectivity index (χ2n) is 12.0. The molecule has 4 amide bonds. The van der Waals surface area contributed by atoms with Gasteiger partial charge < -0.3 is 26.8 Å². The number of primary amides is 1. The van der Waals surface area contributed by atoms with Crippen LogP contribution >= 0.6 is 11.8 Å². The van der Waals surface area contributed by atoms with Gasteiger partial charge in [0.15, 0.2) is 0 Å². The molecular formula is C35H39N5O5S. The SMILES string of the molecule is CC(C)(C)NC(=O)c1ccc(SC[C@@H](O)[C@H](Cc2ccccc2)NC(=O)[C@H](CC(N)=O)NC(=O)c2ccc3ccccc3n2)cc1. The van der Waals surface area contributed by atoms with Crippen molar-refractivity contribution >= 4 is 46.3 Å². The van der Waals surface area contributed by atoms with Crippen LogP contribution in [0.4, 0.5) is 0 Å². The topological polar surface area (TPSA) is 164 Å². The van der Waals surface area contributed by atoms with E-state index in [1.165, 1.54) is 11.8 Å². The highest BCUT2D eigenvalue weighted by Gasteiger charge is 2.29. The maximum atomic E-state index is 13.5. The molecule has 0 radical (unpaired) electrons. The smallest absolute Gasteiger partial charge is 0.270 e. The molecule has 6 N–H and O–H groups in total. The lowest BCUT2D eigenvalue weighted by molar-refractivity contribution is -0.128. The Balaban J connectivity index is 1.46. The summed E-state index contributed by atoms with van der Waals surface area (Å²) < 4.78 is 0. The standard InChI is InChI=1S/C35H39N5O5S/c1-35(2,3)40-32(43)24-13-16-25(17-14-24)46-21-30(41)28(19-22-9-5-4-6-10-22)38-34(45)29(20-31(36)42)39-33(44)27-18-15-23-11-7-8-12-26(23)37-27/h4-18,28-30,41H,19-21H2,1-3H3,(H2,36,42)(H,38,45)(H,39,44)(H,40,43)/t28-,29-,30+/m0/s1. The first-order chi connectivity index (χ1) is 21.9. The van der Waals surface area contributed by atoms with Gasteiger partial charge in [-0.05, 0) is 69.2 Å². The lowest BCUT2D eigenvalue weighted by Gasteiger charge is -2.27. The number of carbonyl (C=O) groups is 4. The number of hydrogen-bond acceptors (Lipinski definition) is 7. The van der Waals surface area contributed by atoms with E-state index in [0.29, 0.717) is 17.5 Å². The van der Waals surface area contributed by atoms with Gasteiger partial charge in [0.25, 0.3) is 11.8 Å². The number of aromatic nitrogens is 1. The molecule has 1 aromatic heterocycles. The zero-order chi connectivity index (χ0) is 33.3. The van der Waals surface area contributed by atoms with Crippen LogP contribution in [0.25, 0.3) is 10.9 Å². The highest BCUT2D eigenvalue weighted by Crippen LogP contribution is 2.22. The Morgan fingerprint density at radius 2 is 1.52 bits per heavy atom. The molecule has 46 heavy (non-hydrogen) atoms. The average Bonchev–Trinajstić information content (AvgIpc) is 3.02. The molecule has 0 saturated heterocycles. The Morgan fingerprint density at radius 3 is 2.20 bits per heavy atom. The van der Waals surface area contributed by atoms with Crippen molar-refractivity contribution in [3.05, 3.63) is 108 Å². The van der Waals surface area contributed by atoms with E-state index in [9.17, 15) is 24.3 Å². The minimum absolute atomic E-state index is 0.0835. The minimum atomic E-state index is -1.29. The second kappa shape index (κ2) is 15.5. The minimum Gasteiger partial charge on any atom is -0.390 e. The van der Waals surface area contributed by atoms with E-state index in [1.807, 2.05) is 63.2 Å². The number of aliphatic hydroxyl groups excluding tert-OH is 1. The van der Waals surface area contributed by atoms with Crippen LogP contribution in [-0.2, 0) is 16.0 Å². The van der Waals surface area contributed by atoms with Gasteiger partial charge in [0, 0.05) is 27.1 Å². The van der Waals surface area contributed by atoms with Crippen LogP contribution in [0.15, 0.2) is 95.9 Å². The number of hydrogen-bond donors (Lipinski definition) is 5. The predicted octanol–water partition coefficient (Wildman–Crippen LogP) is 3.62. The molecule has 4 rings (SSSR count). The van der Waals surface area contributed by atoms with E-state index < -0.39 is 42.3 Å². The summed E-state index contributed by atoms with van der Waals surface area (Å²) in [4.78, 5) is 56.2. The van der Waals surface area contributed by atoms with Gasteiger partial charge in [-0.15, -0.1) is 11.8 Å². The summed E-state index contributed by atoms with van der Waals surface area (Å²) >= 11 is 1.37. The van der Waals surface area contributed by atoms with Crippen LogP contribution in [0.2, 0.25) is 0 Å². The largest absolute Gasteiger partial charge is 0.390 e. The number of nitrogens with one attached hydrogen (secondary N) is 3. The third-order valence-corrected chi connectivity index (χ3v) is 8.09. The number of fused-ring (bicyclic) bond motifs is 1. The third-order valence-electron chi connectivity index (χ3n) is 6.97. The van der Waals surface area contributed by atoms with Crippen molar-refractivity contribution in [2.24, 2.45) is 5.73 Å². The first kappa shape index (κ1) is 34.1. The quantitative estimate of drug-likeness (QED) is 0.139. The van der Waals surface area contributed by atoms with Gasteiger partial charge in [-0.25, -0.2) is 4.98 Å². The number of rotatable bonds is 13. The molecule has 3 aromatic carbocycles. The third kappa shape index (κ3) is 10.1. The van der Waals surface area contributed by atoms with Crippen molar-refractivity contribution in [2.75, 3.05) is 5.75 Å². The number of amides is 4. The normalized spacial score (nSPS) is 13.3. The number of pyridine rings is 1. The highest BCUT2D eigenvalue weighted by atomic mass is 32.2. The van der Waals surface area contributed by atoms with E-state index in [-0.39, 0.29) is 22.9 Å². The zero-order valence-electron chi connectivity index (χ0n) is 26.0. The number of nitrogens with zero attached hydrogens (tertiary/aromatic N) is 1. The van der Waals surface area contributed by atoms with Crippen molar-refractivity contribution in [3.8, 4) is 0 Å². The van der Waals surface area contributed by atoms with E-state index >= 15 is 0 Å². The van der Waals surface area contributed by atoms with Crippen molar-refractivity contribution in [3.63, 3.8) is 0 Å². The summed E-state index contributed by atoms with van der Waals surface area (Å²) in [6.45, 7) is 5.73. The van der Waals surface area contributed by atoms with Gasteiger partial charge in [0.2, 0.25) is 11.8 Å². The first-order valence-corrected chi connectivity index (χ1v) is 15.9. The molecule has 0 aliphatic heterocycles. The summed E-state index contributed by atoms with van der Waals surface area (Å²) in [5, 5.41) is 20.5. The Labute approximate surface area is 272 Å². The van der Waals surface area contributed by atoms with Crippen LogP contribution in [0.1, 0.15) is 53.6 Å². The van der Waals surface area contributed by atoms with Crippen molar-refractivity contribution in [1.82, 2.24) is 20.9 Å². The lowest BCUT2D eigenvalue weighted by atomic mass is 10.0. The van der Waals surface area contributed by atoms with Crippen LogP contribution in [0, 0.1) is 0 Å². The number of carbonyl (C=O) groups excluding carboxylic acids is 4. The van der Waals surface area contributed by atoms with Crippen LogP contribution in [-0.4, -0.2) is 63.2 Å². The summed E-state index contributed by atoms with van der Waals surface area (Å²) in [6, 6.07) is 25.0. The molecule has 0 bridgehead atoms. The lowest BCUT2D eigenvalue weighted by Crippen LogP contribution is -2.54. The molecule has 0 spiro atoms. The maximum absolute atomic E-state index is 13.5. The van der Waals surface area contributed by atoms with Crippen molar-refractivity contribution in [1.29, 1.82) is 0 Å². The first-order valence-electron chi connectivity index (χ1n) is 14.9. The molecular weight excluding hydrogens is 602 g/mol. The molecule has 0 aliphatic rings. The fourth-order valence-corrected chi connectivity index (χ4v) is 5.61. The molecule has 10 nitrogen and oxygen atoms in total. The highest BCUT2D eigenvalue weighted by molar-refractivity contribution is 7.99. The van der Waals surface area contributed by atoms with Gasteiger partial charge >= 0.3 is 0 Å².